The normalized spacial score (nSPS) is 10.2. The first-order chi connectivity index (χ1) is 10.9. The minimum absolute atomic E-state index is 0.0397. The van der Waals surface area contributed by atoms with Crippen LogP contribution in [0, 0.1) is 6.92 Å². The number of hydrogen-bond acceptors (Lipinski definition) is 4. The third-order valence-electron chi connectivity index (χ3n) is 2.88. The molecule has 0 unspecified atom stereocenters. The molecule has 2 rings (SSSR count). The molecular weight excluding hydrogens is 388 g/mol. The van der Waals surface area contributed by atoms with Crippen LogP contribution in [-0.4, -0.2) is 23.7 Å². The molecule has 0 saturated carbocycles. The summed E-state index contributed by atoms with van der Waals surface area (Å²) in [5.74, 6) is -1.43. The number of ether oxygens (including phenoxy) is 2. The number of halogens is 2. The third kappa shape index (κ3) is 4.71. The zero-order valence-electron chi connectivity index (χ0n) is 12.0. The van der Waals surface area contributed by atoms with Crippen molar-refractivity contribution in [2.24, 2.45) is 0 Å². The second kappa shape index (κ2) is 7.48. The van der Waals surface area contributed by atoms with Gasteiger partial charge in [-0.3, -0.25) is 0 Å². The Bertz CT molecular complexity index is 760. The highest BCUT2D eigenvalue weighted by atomic mass is 79.9. The molecule has 0 atom stereocenters. The van der Waals surface area contributed by atoms with E-state index in [-0.39, 0.29) is 17.9 Å². The molecule has 5 nitrogen and oxygen atoms in total. The van der Waals surface area contributed by atoms with Crippen LogP contribution in [0.2, 0.25) is 5.02 Å². The maximum absolute atomic E-state index is 11.8. The molecule has 2 aromatic carbocycles. The average molecular weight is 400 g/mol. The van der Waals surface area contributed by atoms with Gasteiger partial charge in [0, 0.05) is 9.50 Å². The molecule has 0 saturated heterocycles. The van der Waals surface area contributed by atoms with Crippen LogP contribution >= 0.6 is 27.5 Å². The van der Waals surface area contributed by atoms with Gasteiger partial charge in [-0.25, -0.2) is 9.59 Å². The smallest absolute Gasteiger partial charge is 0.349 e. The van der Waals surface area contributed by atoms with E-state index < -0.39 is 11.9 Å². The Kier molecular flexibility index (Phi) is 5.63. The lowest BCUT2D eigenvalue weighted by molar-refractivity contribution is -0.136. The second-order valence-corrected chi connectivity index (χ2v) is 5.97. The van der Waals surface area contributed by atoms with Crippen LogP contribution in [0.3, 0.4) is 0 Å². The van der Waals surface area contributed by atoms with E-state index in [0.717, 1.165) is 5.56 Å². The largest absolute Gasteiger partial charge is 0.482 e. The summed E-state index contributed by atoms with van der Waals surface area (Å²) in [6.45, 7) is 1.45. The molecule has 2 aromatic rings. The first-order valence-corrected chi connectivity index (χ1v) is 7.66. The monoisotopic (exact) mass is 398 g/mol. The van der Waals surface area contributed by atoms with Crippen LogP contribution in [-0.2, 0) is 4.79 Å². The van der Waals surface area contributed by atoms with E-state index in [9.17, 15) is 9.59 Å². The zero-order chi connectivity index (χ0) is 17.0. The van der Waals surface area contributed by atoms with Gasteiger partial charge in [-0.15, -0.1) is 0 Å². The van der Waals surface area contributed by atoms with Crippen molar-refractivity contribution in [3.8, 4) is 11.5 Å². The molecule has 0 aromatic heterocycles. The van der Waals surface area contributed by atoms with Gasteiger partial charge in [0.05, 0.1) is 0 Å². The standard InChI is InChI=1S/C16H12BrClO5/c1-9-6-11(18)3-5-13(9)22-8-15(19)23-14-4-2-10(17)7-12(14)16(20)21/h2-7H,8H2,1H3,(H,20,21). The van der Waals surface area contributed by atoms with E-state index in [2.05, 4.69) is 15.9 Å². The third-order valence-corrected chi connectivity index (χ3v) is 3.61. The number of carboxylic acids is 1. The molecule has 0 aliphatic carbocycles. The molecule has 0 heterocycles. The van der Waals surface area contributed by atoms with Gasteiger partial charge in [0.15, 0.2) is 6.61 Å². The fourth-order valence-corrected chi connectivity index (χ4v) is 2.41. The van der Waals surface area contributed by atoms with E-state index in [1.807, 2.05) is 0 Å². The Balaban J connectivity index is 2.04. The molecular formula is C16H12BrClO5. The van der Waals surface area contributed by atoms with Gasteiger partial charge >= 0.3 is 11.9 Å². The van der Waals surface area contributed by atoms with Crippen molar-refractivity contribution in [2.75, 3.05) is 6.61 Å². The molecule has 1 N–H and O–H groups in total. The summed E-state index contributed by atoms with van der Waals surface area (Å²) in [7, 11) is 0. The lowest BCUT2D eigenvalue weighted by atomic mass is 10.2. The molecule has 0 spiro atoms. The number of aryl methyl sites for hydroxylation is 1. The van der Waals surface area contributed by atoms with Crippen molar-refractivity contribution >= 4 is 39.5 Å². The minimum atomic E-state index is -1.19. The predicted molar refractivity (Wildman–Crippen MR) is 88.4 cm³/mol. The van der Waals surface area contributed by atoms with E-state index in [4.69, 9.17) is 26.2 Å². The van der Waals surface area contributed by atoms with Gasteiger partial charge < -0.3 is 14.6 Å². The van der Waals surface area contributed by atoms with E-state index in [0.29, 0.717) is 15.2 Å². The Hall–Kier alpha value is -2.05. The van der Waals surface area contributed by atoms with Gasteiger partial charge in [-0.05, 0) is 48.9 Å². The van der Waals surface area contributed by atoms with Crippen molar-refractivity contribution in [2.45, 2.75) is 6.92 Å². The summed E-state index contributed by atoms with van der Waals surface area (Å²) < 4.78 is 11.0. The highest BCUT2D eigenvalue weighted by Gasteiger charge is 2.16. The molecule has 0 radical (unpaired) electrons. The van der Waals surface area contributed by atoms with Crippen LogP contribution in [0.5, 0.6) is 11.5 Å². The number of carbonyl (C=O) groups excluding carboxylic acids is 1. The van der Waals surface area contributed by atoms with Gasteiger partial charge in [0.2, 0.25) is 0 Å². The van der Waals surface area contributed by atoms with Crippen molar-refractivity contribution in [3.05, 3.63) is 57.0 Å². The number of esters is 1. The molecule has 0 aliphatic heterocycles. The van der Waals surface area contributed by atoms with E-state index >= 15 is 0 Å². The predicted octanol–water partition coefficient (Wildman–Crippen LogP) is 4.09. The fraction of sp³-hybridized carbons (Fsp3) is 0.125. The van der Waals surface area contributed by atoms with Crippen LogP contribution in [0.25, 0.3) is 0 Å². The van der Waals surface area contributed by atoms with Crippen molar-refractivity contribution in [3.63, 3.8) is 0 Å². The number of carboxylic acid groups (broad SMARTS) is 1. The maximum Gasteiger partial charge on any atom is 0.349 e. The van der Waals surface area contributed by atoms with E-state index in [1.165, 1.54) is 12.1 Å². The Morgan fingerprint density at radius 1 is 1.17 bits per heavy atom. The van der Waals surface area contributed by atoms with Crippen molar-refractivity contribution in [1.29, 1.82) is 0 Å². The first kappa shape index (κ1) is 17.3. The number of aromatic carboxylic acids is 1. The Morgan fingerprint density at radius 2 is 1.87 bits per heavy atom. The SMILES string of the molecule is Cc1cc(Cl)ccc1OCC(=O)Oc1ccc(Br)cc1C(=O)O. The number of carbonyl (C=O) groups is 2. The van der Waals surface area contributed by atoms with Gasteiger partial charge in [-0.1, -0.05) is 27.5 Å². The molecule has 120 valence electrons. The highest BCUT2D eigenvalue weighted by molar-refractivity contribution is 9.10. The molecule has 0 amide bonds. The van der Waals surface area contributed by atoms with Gasteiger partial charge in [-0.2, -0.15) is 0 Å². The minimum Gasteiger partial charge on any atom is -0.482 e. The lowest BCUT2D eigenvalue weighted by Crippen LogP contribution is -2.19. The van der Waals surface area contributed by atoms with Crippen LogP contribution in [0.4, 0.5) is 0 Å². The quantitative estimate of drug-likeness (QED) is 0.605. The number of hydrogen-bond donors (Lipinski definition) is 1. The topological polar surface area (TPSA) is 72.8 Å². The van der Waals surface area contributed by atoms with Gasteiger partial charge in [0.25, 0.3) is 0 Å². The van der Waals surface area contributed by atoms with Crippen molar-refractivity contribution in [1.82, 2.24) is 0 Å². The molecule has 0 fully saturated rings. The van der Waals surface area contributed by atoms with Gasteiger partial charge in [0.1, 0.15) is 17.1 Å². The molecule has 23 heavy (non-hydrogen) atoms. The van der Waals surface area contributed by atoms with Crippen LogP contribution in [0.1, 0.15) is 15.9 Å². The molecule has 0 bridgehead atoms. The van der Waals surface area contributed by atoms with Crippen LogP contribution < -0.4 is 9.47 Å². The fourth-order valence-electron chi connectivity index (χ4n) is 1.82. The number of benzene rings is 2. The summed E-state index contributed by atoms with van der Waals surface area (Å²) in [6.07, 6.45) is 0. The summed E-state index contributed by atoms with van der Waals surface area (Å²) >= 11 is 9.01. The highest BCUT2D eigenvalue weighted by Crippen LogP contribution is 2.24. The lowest BCUT2D eigenvalue weighted by Gasteiger charge is -2.10. The maximum atomic E-state index is 11.8. The summed E-state index contributed by atoms with van der Waals surface area (Å²) in [6, 6.07) is 9.34. The van der Waals surface area contributed by atoms with Crippen molar-refractivity contribution < 1.29 is 24.2 Å². The summed E-state index contributed by atoms with van der Waals surface area (Å²) in [4.78, 5) is 23.0. The summed E-state index contributed by atoms with van der Waals surface area (Å²) in [5, 5.41) is 9.69. The average Bonchev–Trinajstić information content (AvgIpc) is 2.48. The first-order valence-electron chi connectivity index (χ1n) is 6.49. The zero-order valence-corrected chi connectivity index (χ0v) is 14.3. The Labute approximate surface area is 145 Å². The second-order valence-electron chi connectivity index (χ2n) is 4.62. The summed E-state index contributed by atoms with van der Waals surface area (Å²) in [5.41, 5.74) is 0.663. The number of rotatable bonds is 5. The van der Waals surface area contributed by atoms with Crippen LogP contribution in [0.15, 0.2) is 40.9 Å². The molecule has 7 heteroatoms. The van der Waals surface area contributed by atoms with E-state index in [1.54, 1.807) is 31.2 Å². The Morgan fingerprint density at radius 3 is 2.52 bits per heavy atom. The molecule has 0 aliphatic rings.